The van der Waals surface area contributed by atoms with Crippen LogP contribution in [0.1, 0.15) is 17.0 Å². The normalized spacial score (nSPS) is 10.3. The Morgan fingerprint density at radius 3 is 1.65 bits per heavy atom. The summed E-state index contributed by atoms with van der Waals surface area (Å²) < 4.78 is 4.26. The standard InChI is InChI=1S/C20H19N3/c1-15-9-5-7-11-22(15)19-13-18(21-4)14-20(17(19)3)23-12-8-6-10-16(23)2/h5-14H,1-3H3/q+2. The Hall–Kier alpha value is -2.99. The number of hydrogen-bond acceptors (Lipinski definition) is 0. The topological polar surface area (TPSA) is 12.1 Å². The monoisotopic (exact) mass is 301 g/mol. The zero-order chi connectivity index (χ0) is 16.4. The number of nitrogens with zero attached hydrogens (tertiary/aromatic N) is 3. The summed E-state index contributed by atoms with van der Waals surface area (Å²) in [6.07, 6.45) is 4.08. The summed E-state index contributed by atoms with van der Waals surface area (Å²) in [6, 6.07) is 16.1. The molecule has 0 aliphatic carbocycles. The first-order valence-corrected chi connectivity index (χ1v) is 7.59. The number of rotatable bonds is 2. The number of pyridine rings is 2. The number of aryl methyl sites for hydroxylation is 2. The molecule has 1 aromatic carbocycles. The zero-order valence-electron chi connectivity index (χ0n) is 13.6. The molecule has 0 bridgehead atoms. The second-order valence-corrected chi connectivity index (χ2v) is 5.64. The quantitative estimate of drug-likeness (QED) is 0.505. The molecule has 0 aliphatic heterocycles. The van der Waals surface area contributed by atoms with Crippen LogP contribution < -0.4 is 9.13 Å². The lowest BCUT2D eigenvalue weighted by Gasteiger charge is -2.07. The van der Waals surface area contributed by atoms with Crippen molar-refractivity contribution in [1.29, 1.82) is 0 Å². The predicted octanol–water partition coefficient (Wildman–Crippen LogP) is 3.72. The summed E-state index contributed by atoms with van der Waals surface area (Å²) in [7, 11) is 0. The van der Waals surface area contributed by atoms with Crippen LogP contribution in [-0.2, 0) is 0 Å². The summed E-state index contributed by atoms with van der Waals surface area (Å²) in [6.45, 7) is 13.7. The first-order chi connectivity index (χ1) is 11.1. The largest absolute Gasteiger partial charge is 0.238 e. The molecule has 2 aromatic heterocycles. The Kier molecular flexibility index (Phi) is 3.91. The van der Waals surface area contributed by atoms with Crippen LogP contribution in [0.25, 0.3) is 16.2 Å². The third-order valence-corrected chi connectivity index (χ3v) is 4.11. The van der Waals surface area contributed by atoms with Crippen molar-refractivity contribution < 1.29 is 9.13 Å². The van der Waals surface area contributed by atoms with E-state index in [-0.39, 0.29) is 0 Å². The Balaban J connectivity index is 2.32. The maximum absolute atomic E-state index is 7.45. The molecule has 23 heavy (non-hydrogen) atoms. The van der Waals surface area contributed by atoms with Gasteiger partial charge in [-0.05, 0) is 6.92 Å². The lowest BCUT2D eigenvalue weighted by Crippen LogP contribution is -2.38. The molecule has 0 N–H and O–H groups in total. The fourth-order valence-electron chi connectivity index (χ4n) is 2.83. The molecule has 2 heterocycles. The highest BCUT2D eigenvalue weighted by Crippen LogP contribution is 2.23. The molecule has 0 radical (unpaired) electrons. The van der Waals surface area contributed by atoms with Crippen molar-refractivity contribution in [3.8, 4) is 11.4 Å². The summed E-state index contributed by atoms with van der Waals surface area (Å²) in [5, 5.41) is 0. The Morgan fingerprint density at radius 2 is 1.26 bits per heavy atom. The van der Waals surface area contributed by atoms with Crippen LogP contribution in [0.15, 0.2) is 60.9 Å². The van der Waals surface area contributed by atoms with Crippen molar-refractivity contribution in [2.45, 2.75) is 20.8 Å². The number of hydrogen-bond donors (Lipinski definition) is 0. The summed E-state index contributed by atoms with van der Waals surface area (Å²) in [4.78, 5) is 3.67. The third kappa shape index (κ3) is 2.72. The van der Waals surface area contributed by atoms with Gasteiger partial charge in [-0.25, -0.2) is 4.85 Å². The minimum absolute atomic E-state index is 0.645. The van der Waals surface area contributed by atoms with Gasteiger partial charge in [-0.1, -0.05) is 12.1 Å². The van der Waals surface area contributed by atoms with E-state index >= 15 is 0 Å². The van der Waals surface area contributed by atoms with E-state index in [9.17, 15) is 0 Å². The van der Waals surface area contributed by atoms with Gasteiger partial charge in [-0.15, -0.1) is 0 Å². The van der Waals surface area contributed by atoms with E-state index in [4.69, 9.17) is 6.57 Å². The summed E-state index contributed by atoms with van der Waals surface area (Å²) in [5.41, 5.74) is 6.16. The summed E-state index contributed by atoms with van der Waals surface area (Å²) in [5.74, 6) is 0. The molecular weight excluding hydrogens is 282 g/mol. The molecule has 0 saturated carbocycles. The highest BCUT2D eigenvalue weighted by atomic mass is 15.0. The SMILES string of the molecule is [C-]#[N+]c1cc(-[n+]2ccccc2C)c(C)c(-[n+]2ccccc2C)c1. The molecule has 3 nitrogen and oxygen atoms in total. The molecule has 3 aromatic rings. The van der Waals surface area contributed by atoms with E-state index < -0.39 is 0 Å². The average molecular weight is 301 g/mol. The maximum Gasteiger partial charge on any atom is 0.210 e. The second-order valence-electron chi connectivity index (χ2n) is 5.64. The third-order valence-electron chi connectivity index (χ3n) is 4.11. The van der Waals surface area contributed by atoms with Crippen LogP contribution in [0.3, 0.4) is 0 Å². The van der Waals surface area contributed by atoms with Gasteiger partial charge in [0.2, 0.25) is 11.4 Å². The molecule has 3 heteroatoms. The highest BCUT2D eigenvalue weighted by Gasteiger charge is 2.23. The molecule has 112 valence electrons. The molecule has 0 unspecified atom stereocenters. The van der Waals surface area contributed by atoms with Crippen molar-refractivity contribution in [1.82, 2.24) is 0 Å². The molecule has 0 atom stereocenters. The van der Waals surface area contributed by atoms with Gasteiger partial charge < -0.3 is 0 Å². The van der Waals surface area contributed by atoms with Gasteiger partial charge in [0.15, 0.2) is 29.5 Å². The summed E-state index contributed by atoms with van der Waals surface area (Å²) >= 11 is 0. The van der Waals surface area contributed by atoms with E-state index in [1.54, 1.807) is 0 Å². The Morgan fingerprint density at radius 1 is 0.783 bits per heavy atom. The van der Waals surface area contributed by atoms with Crippen LogP contribution in [0.4, 0.5) is 5.69 Å². The molecule has 3 rings (SSSR count). The van der Waals surface area contributed by atoms with Crippen molar-refractivity contribution in [3.63, 3.8) is 0 Å². The molecule has 0 spiro atoms. The molecule has 0 aliphatic rings. The van der Waals surface area contributed by atoms with Gasteiger partial charge in [0.1, 0.15) is 0 Å². The van der Waals surface area contributed by atoms with E-state index in [1.807, 2.05) is 48.8 Å². The Bertz CT molecular complexity index is 854. The van der Waals surface area contributed by atoms with Gasteiger partial charge in [0, 0.05) is 50.2 Å². The Labute approximate surface area is 136 Å². The maximum atomic E-state index is 7.45. The van der Waals surface area contributed by atoms with Crippen LogP contribution in [-0.4, -0.2) is 0 Å². The predicted molar refractivity (Wildman–Crippen MR) is 90.0 cm³/mol. The van der Waals surface area contributed by atoms with Crippen LogP contribution in [0, 0.1) is 27.3 Å². The van der Waals surface area contributed by atoms with Gasteiger partial charge in [-0.3, -0.25) is 0 Å². The van der Waals surface area contributed by atoms with E-state index in [2.05, 4.69) is 46.9 Å². The van der Waals surface area contributed by atoms with E-state index in [0.29, 0.717) is 5.69 Å². The van der Waals surface area contributed by atoms with Crippen molar-refractivity contribution in [2.75, 3.05) is 0 Å². The first-order valence-electron chi connectivity index (χ1n) is 7.59. The fraction of sp³-hybridized carbons (Fsp3) is 0.150. The number of aromatic nitrogens is 2. The van der Waals surface area contributed by atoms with Gasteiger partial charge in [0.25, 0.3) is 0 Å². The van der Waals surface area contributed by atoms with Crippen LogP contribution in [0.2, 0.25) is 0 Å². The van der Waals surface area contributed by atoms with Crippen LogP contribution >= 0.6 is 0 Å². The second kappa shape index (κ2) is 6.02. The van der Waals surface area contributed by atoms with Crippen molar-refractivity contribution in [2.24, 2.45) is 0 Å². The lowest BCUT2D eigenvalue weighted by atomic mass is 10.1. The smallest absolute Gasteiger partial charge is 0.210 e. The van der Waals surface area contributed by atoms with Gasteiger partial charge >= 0.3 is 0 Å². The van der Waals surface area contributed by atoms with Crippen molar-refractivity contribution in [3.05, 3.63) is 89.3 Å². The minimum atomic E-state index is 0.645. The molecule has 0 amide bonds. The molecular formula is C20H19N3+2. The first kappa shape index (κ1) is 14.9. The average Bonchev–Trinajstić information content (AvgIpc) is 2.57. The van der Waals surface area contributed by atoms with Gasteiger partial charge in [0.05, 0.1) is 12.1 Å². The van der Waals surface area contributed by atoms with Crippen LogP contribution in [0.5, 0.6) is 0 Å². The molecule has 0 fully saturated rings. The minimum Gasteiger partial charge on any atom is -0.238 e. The van der Waals surface area contributed by atoms with E-state index in [0.717, 1.165) is 28.3 Å². The highest BCUT2D eigenvalue weighted by molar-refractivity contribution is 5.59. The lowest BCUT2D eigenvalue weighted by molar-refractivity contribution is -0.611. The zero-order valence-corrected chi connectivity index (χ0v) is 13.6. The van der Waals surface area contributed by atoms with Gasteiger partial charge in [-0.2, -0.15) is 9.13 Å². The number of benzene rings is 1. The molecule has 0 saturated heterocycles. The van der Waals surface area contributed by atoms with E-state index in [1.165, 1.54) is 0 Å². The van der Waals surface area contributed by atoms with Crippen molar-refractivity contribution >= 4 is 5.69 Å². The fourth-order valence-corrected chi connectivity index (χ4v) is 2.83.